The van der Waals surface area contributed by atoms with Gasteiger partial charge in [-0.2, -0.15) is 0 Å². The van der Waals surface area contributed by atoms with Gasteiger partial charge < -0.3 is 28.6 Å². The van der Waals surface area contributed by atoms with Gasteiger partial charge in [-0.25, -0.2) is 0 Å². The number of methoxy groups -OCH3 is 2. The highest BCUT2D eigenvalue weighted by atomic mass is 16.7. The van der Waals surface area contributed by atoms with Crippen LogP contribution in [-0.4, -0.2) is 55.2 Å². The number of ether oxygens (including phenoxy) is 5. The molecule has 1 aromatic heterocycles. The number of hydrogen-bond donors (Lipinski definition) is 0. The van der Waals surface area contributed by atoms with E-state index in [1.165, 1.54) is 0 Å². The lowest BCUT2D eigenvalue weighted by Crippen LogP contribution is -2.33. The number of hydrogen-bond acceptors (Lipinski definition) is 8. The fourth-order valence-corrected chi connectivity index (χ4v) is 3.92. The summed E-state index contributed by atoms with van der Waals surface area (Å²) in [4.78, 5) is 14.9. The number of amides is 1. The number of carbonyl (C=O) groups excluding carboxylic acids is 1. The third-order valence-corrected chi connectivity index (χ3v) is 5.61. The second-order valence-corrected chi connectivity index (χ2v) is 7.66. The van der Waals surface area contributed by atoms with Crippen LogP contribution in [0.1, 0.15) is 11.1 Å². The predicted molar refractivity (Wildman–Crippen MR) is 118 cm³/mol. The van der Waals surface area contributed by atoms with Crippen LogP contribution >= 0.6 is 0 Å². The maximum Gasteiger partial charge on any atom is 0.233 e. The largest absolute Gasteiger partial charge is 0.493 e. The smallest absolute Gasteiger partial charge is 0.233 e. The SMILES string of the molecule is COc1ccc(-c2cc3c(c(OC)c2)OCCN(C(=O)Cc2ccc4c(c2)OCO4)C3)nn1. The normalized spacial score (nSPS) is 14.2. The van der Waals surface area contributed by atoms with Crippen LogP contribution in [0.3, 0.4) is 0 Å². The summed E-state index contributed by atoms with van der Waals surface area (Å²) in [5.41, 5.74) is 3.20. The van der Waals surface area contributed by atoms with Crippen molar-refractivity contribution in [3.05, 3.63) is 53.6 Å². The predicted octanol–water partition coefficient (Wildman–Crippen LogP) is 2.85. The molecule has 5 rings (SSSR count). The Labute approximate surface area is 190 Å². The first-order valence-corrected chi connectivity index (χ1v) is 10.5. The summed E-state index contributed by atoms with van der Waals surface area (Å²) in [7, 11) is 3.14. The van der Waals surface area contributed by atoms with E-state index in [0.29, 0.717) is 54.3 Å². The van der Waals surface area contributed by atoms with Crippen molar-refractivity contribution in [2.24, 2.45) is 0 Å². The van der Waals surface area contributed by atoms with E-state index < -0.39 is 0 Å². The average Bonchev–Trinajstić information content (AvgIpc) is 3.20. The molecule has 33 heavy (non-hydrogen) atoms. The third kappa shape index (κ3) is 4.21. The molecule has 1 amide bonds. The maximum atomic E-state index is 13.1. The minimum atomic E-state index is -0.000996. The van der Waals surface area contributed by atoms with E-state index in [2.05, 4.69) is 10.2 Å². The van der Waals surface area contributed by atoms with Gasteiger partial charge in [0.2, 0.25) is 18.6 Å². The first kappa shape index (κ1) is 20.9. The maximum absolute atomic E-state index is 13.1. The van der Waals surface area contributed by atoms with Gasteiger partial charge >= 0.3 is 0 Å². The molecule has 3 heterocycles. The zero-order chi connectivity index (χ0) is 22.8. The van der Waals surface area contributed by atoms with Crippen molar-refractivity contribution in [2.75, 3.05) is 34.2 Å². The van der Waals surface area contributed by atoms with Crippen LogP contribution in [0.5, 0.6) is 28.9 Å². The molecular formula is C24H23N3O6. The minimum absolute atomic E-state index is 0.000996. The average molecular weight is 449 g/mol. The molecule has 0 fully saturated rings. The Kier molecular flexibility index (Phi) is 5.60. The Bertz CT molecular complexity index is 1180. The molecule has 0 unspecified atom stereocenters. The summed E-state index contributed by atoms with van der Waals surface area (Å²) in [5, 5.41) is 8.28. The van der Waals surface area contributed by atoms with Crippen LogP contribution in [0.2, 0.25) is 0 Å². The van der Waals surface area contributed by atoms with Crippen molar-refractivity contribution in [2.45, 2.75) is 13.0 Å². The lowest BCUT2D eigenvalue weighted by Gasteiger charge is -2.20. The summed E-state index contributed by atoms with van der Waals surface area (Å²) in [6.07, 6.45) is 0.257. The van der Waals surface area contributed by atoms with Crippen molar-refractivity contribution in [3.63, 3.8) is 0 Å². The first-order chi connectivity index (χ1) is 16.1. The Morgan fingerprint density at radius 2 is 1.88 bits per heavy atom. The molecule has 0 saturated heterocycles. The van der Waals surface area contributed by atoms with Gasteiger partial charge in [-0.05, 0) is 35.9 Å². The molecule has 3 aromatic rings. The number of benzene rings is 2. The van der Waals surface area contributed by atoms with E-state index in [0.717, 1.165) is 16.7 Å². The topological polar surface area (TPSA) is 92.2 Å². The first-order valence-electron chi connectivity index (χ1n) is 10.5. The molecule has 9 nitrogen and oxygen atoms in total. The monoisotopic (exact) mass is 449 g/mol. The van der Waals surface area contributed by atoms with Crippen LogP contribution in [0.15, 0.2) is 42.5 Å². The molecule has 0 N–H and O–H groups in total. The van der Waals surface area contributed by atoms with E-state index in [1.54, 1.807) is 25.2 Å². The fraction of sp³-hybridized carbons (Fsp3) is 0.292. The van der Waals surface area contributed by atoms with Gasteiger partial charge in [-0.15, -0.1) is 10.2 Å². The quantitative estimate of drug-likeness (QED) is 0.587. The summed E-state index contributed by atoms with van der Waals surface area (Å²) < 4.78 is 27.4. The summed E-state index contributed by atoms with van der Waals surface area (Å²) in [6, 6.07) is 13.0. The van der Waals surface area contributed by atoms with E-state index in [1.807, 2.05) is 36.4 Å². The van der Waals surface area contributed by atoms with Gasteiger partial charge in [0.15, 0.2) is 23.0 Å². The Morgan fingerprint density at radius 1 is 1.00 bits per heavy atom. The molecule has 2 aliphatic rings. The van der Waals surface area contributed by atoms with E-state index in [4.69, 9.17) is 23.7 Å². The van der Waals surface area contributed by atoms with Crippen LogP contribution in [0, 0.1) is 0 Å². The fourth-order valence-electron chi connectivity index (χ4n) is 3.92. The van der Waals surface area contributed by atoms with Gasteiger partial charge in [-0.1, -0.05) is 6.07 Å². The molecule has 0 radical (unpaired) electrons. The van der Waals surface area contributed by atoms with Crippen molar-refractivity contribution in [1.29, 1.82) is 0 Å². The van der Waals surface area contributed by atoms with Crippen molar-refractivity contribution in [3.8, 4) is 40.1 Å². The lowest BCUT2D eigenvalue weighted by molar-refractivity contribution is -0.131. The van der Waals surface area contributed by atoms with Crippen LogP contribution in [-0.2, 0) is 17.8 Å². The third-order valence-electron chi connectivity index (χ3n) is 5.61. The van der Waals surface area contributed by atoms with Crippen LogP contribution < -0.4 is 23.7 Å². The molecule has 2 aromatic carbocycles. The number of carbonyl (C=O) groups is 1. The molecule has 2 aliphatic heterocycles. The van der Waals surface area contributed by atoms with Gasteiger partial charge in [0.05, 0.1) is 32.9 Å². The van der Waals surface area contributed by atoms with Gasteiger partial charge in [0.1, 0.15) is 6.61 Å². The molecule has 0 aliphatic carbocycles. The standard InChI is InChI=1S/C24H23N3O6/c1-29-21-12-16(18-4-6-22(30-2)26-25-18)11-17-13-27(7-8-31-24(17)21)23(28)10-15-3-5-19-20(9-15)33-14-32-19/h3-6,9,11-12H,7-8,10,13-14H2,1-2H3. The van der Waals surface area contributed by atoms with Crippen LogP contribution in [0.4, 0.5) is 0 Å². The summed E-state index contributed by atoms with van der Waals surface area (Å²) in [6.45, 7) is 1.44. The molecule has 0 saturated carbocycles. The molecule has 0 atom stereocenters. The van der Waals surface area contributed by atoms with E-state index >= 15 is 0 Å². The van der Waals surface area contributed by atoms with Crippen molar-refractivity contribution in [1.82, 2.24) is 15.1 Å². The van der Waals surface area contributed by atoms with Gasteiger partial charge in [-0.3, -0.25) is 4.79 Å². The highest BCUT2D eigenvalue weighted by Gasteiger charge is 2.24. The van der Waals surface area contributed by atoms with Crippen molar-refractivity contribution < 1.29 is 28.5 Å². The number of nitrogens with zero attached hydrogens (tertiary/aromatic N) is 3. The van der Waals surface area contributed by atoms with Gasteiger partial charge in [0.25, 0.3) is 0 Å². The highest BCUT2D eigenvalue weighted by molar-refractivity contribution is 5.79. The minimum Gasteiger partial charge on any atom is -0.493 e. The molecule has 9 heteroatoms. The number of rotatable bonds is 5. The summed E-state index contributed by atoms with van der Waals surface area (Å²) in [5.74, 6) is 3.03. The van der Waals surface area contributed by atoms with E-state index in [9.17, 15) is 4.79 Å². The zero-order valence-corrected chi connectivity index (χ0v) is 18.4. The Hall–Kier alpha value is -4.01. The lowest BCUT2D eigenvalue weighted by atomic mass is 10.0. The Balaban J connectivity index is 1.40. The highest BCUT2D eigenvalue weighted by Crippen LogP contribution is 2.38. The molecule has 170 valence electrons. The van der Waals surface area contributed by atoms with E-state index in [-0.39, 0.29) is 19.1 Å². The molecule has 0 spiro atoms. The zero-order valence-electron chi connectivity index (χ0n) is 18.4. The molecular weight excluding hydrogens is 426 g/mol. The second-order valence-electron chi connectivity index (χ2n) is 7.66. The second kappa shape index (κ2) is 8.85. The number of aromatic nitrogens is 2. The van der Waals surface area contributed by atoms with Crippen LogP contribution in [0.25, 0.3) is 11.3 Å². The Morgan fingerprint density at radius 3 is 2.67 bits per heavy atom. The summed E-state index contributed by atoms with van der Waals surface area (Å²) >= 11 is 0. The van der Waals surface area contributed by atoms with Crippen molar-refractivity contribution >= 4 is 5.91 Å². The van der Waals surface area contributed by atoms with Gasteiger partial charge in [0, 0.05) is 23.7 Å². The number of fused-ring (bicyclic) bond motifs is 2. The molecule has 0 bridgehead atoms.